The number of rotatable bonds is 7. The maximum atomic E-state index is 12.3. The molecule has 1 aliphatic heterocycles. The van der Waals surface area contributed by atoms with Crippen LogP contribution in [0.4, 0.5) is 0 Å². The Morgan fingerprint density at radius 2 is 2.09 bits per heavy atom. The Morgan fingerprint density at radius 3 is 2.70 bits per heavy atom. The van der Waals surface area contributed by atoms with Crippen molar-refractivity contribution >= 4 is 15.9 Å². The predicted molar refractivity (Wildman–Crippen MR) is 86.0 cm³/mol. The Balaban J connectivity index is 2.03. The van der Waals surface area contributed by atoms with E-state index in [1.165, 1.54) is 25.3 Å². The number of piperazine rings is 1. The van der Waals surface area contributed by atoms with Gasteiger partial charge in [-0.05, 0) is 18.2 Å². The SMILES string of the molecule is COc1ccc(S(=O)(=O)NCCN2CCNCC2)cc1C(N)=O. The number of sulfonamides is 1. The van der Waals surface area contributed by atoms with Gasteiger partial charge in [-0.1, -0.05) is 0 Å². The monoisotopic (exact) mass is 342 g/mol. The van der Waals surface area contributed by atoms with Crippen molar-refractivity contribution in [2.24, 2.45) is 5.73 Å². The third-order valence-electron chi connectivity index (χ3n) is 3.68. The molecular formula is C14H22N4O4S. The summed E-state index contributed by atoms with van der Waals surface area (Å²) in [5.74, 6) is -0.489. The molecule has 1 fully saturated rings. The lowest BCUT2D eigenvalue weighted by molar-refractivity contribution is 0.0997. The summed E-state index contributed by atoms with van der Waals surface area (Å²) in [6.07, 6.45) is 0. The molecule has 4 N–H and O–H groups in total. The number of methoxy groups -OCH3 is 1. The zero-order valence-corrected chi connectivity index (χ0v) is 13.9. The van der Waals surface area contributed by atoms with E-state index in [0.717, 1.165) is 26.2 Å². The Kier molecular flexibility index (Phi) is 5.94. The van der Waals surface area contributed by atoms with Gasteiger partial charge in [-0.25, -0.2) is 13.1 Å². The van der Waals surface area contributed by atoms with E-state index in [1.54, 1.807) is 0 Å². The molecule has 9 heteroatoms. The highest BCUT2D eigenvalue weighted by atomic mass is 32.2. The summed E-state index contributed by atoms with van der Waals surface area (Å²) < 4.78 is 32.2. The molecule has 8 nitrogen and oxygen atoms in total. The van der Waals surface area contributed by atoms with Gasteiger partial charge in [-0.3, -0.25) is 9.69 Å². The number of carbonyl (C=O) groups is 1. The van der Waals surface area contributed by atoms with Crippen LogP contribution < -0.4 is 20.5 Å². The summed E-state index contributed by atoms with van der Waals surface area (Å²) in [7, 11) is -2.31. The van der Waals surface area contributed by atoms with Gasteiger partial charge in [0.2, 0.25) is 10.0 Å². The minimum Gasteiger partial charge on any atom is -0.496 e. The van der Waals surface area contributed by atoms with E-state index < -0.39 is 15.9 Å². The van der Waals surface area contributed by atoms with Crippen molar-refractivity contribution in [3.63, 3.8) is 0 Å². The number of hydrogen-bond donors (Lipinski definition) is 3. The highest BCUT2D eigenvalue weighted by Gasteiger charge is 2.19. The average molecular weight is 342 g/mol. The van der Waals surface area contributed by atoms with Crippen LogP contribution in [0.5, 0.6) is 5.75 Å². The van der Waals surface area contributed by atoms with E-state index in [-0.39, 0.29) is 16.2 Å². The molecule has 1 heterocycles. The van der Waals surface area contributed by atoms with Gasteiger partial charge in [0, 0.05) is 39.3 Å². The van der Waals surface area contributed by atoms with Gasteiger partial charge in [-0.15, -0.1) is 0 Å². The van der Waals surface area contributed by atoms with Crippen molar-refractivity contribution in [1.29, 1.82) is 0 Å². The Hall–Kier alpha value is -1.68. The van der Waals surface area contributed by atoms with Gasteiger partial charge in [-0.2, -0.15) is 0 Å². The number of benzene rings is 1. The molecule has 0 saturated carbocycles. The predicted octanol–water partition coefficient (Wildman–Crippen LogP) is -1.02. The highest BCUT2D eigenvalue weighted by molar-refractivity contribution is 7.89. The van der Waals surface area contributed by atoms with Crippen LogP contribution in [-0.2, 0) is 10.0 Å². The van der Waals surface area contributed by atoms with Crippen LogP contribution >= 0.6 is 0 Å². The molecule has 0 spiro atoms. The lowest BCUT2D eigenvalue weighted by Crippen LogP contribution is -2.46. The van der Waals surface area contributed by atoms with Crippen LogP contribution in [0.3, 0.4) is 0 Å². The van der Waals surface area contributed by atoms with Crippen LogP contribution in [0.1, 0.15) is 10.4 Å². The van der Waals surface area contributed by atoms with Crippen molar-refractivity contribution in [3.8, 4) is 5.75 Å². The number of carbonyl (C=O) groups excluding carboxylic acids is 1. The third kappa shape index (κ3) is 4.64. The smallest absolute Gasteiger partial charge is 0.252 e. The van der Waals surface area contributed by atoms with Crippen LogP contribution in [0.25, 0.3) is 0 Å². The topological polar surface area (TPSA) is 114 Å². The van der Waals surface area contributed by atoms with Gasteiger partial charge in [0.25, 0.3) is 5.91 Å². The van der Waals surface area contributed by atoms with Crippen molar-refractivity contribution in [3.05, 3.63) is 23.8 Å². The zero-order valence-electron chi connectivity index (χ0n) is 13.0. The van der Waals surface area contributed by atoms with Gasteiger partial charge >= 0.3 is 0 Å². The first-order valence-corrected chi connectivity index (χ1v) is 8.83. The second-order valence-corrected chi connectivity index (χ2v) is 6.98. The molecule has 2 rings (SSSR count). The Bertz CT molecular complexity index is 657. The molecule has 0 aromatic heterocycles. The van der Waals surface area contributed by atoms with E-state index in [9.17, 15) is 13.2 Å². The second-order valence-electron chi connectivity index (χ2n) is 5.22. The molecular weight excluding hydrogens is 320 g/mol. The molecule has 23 heavy (non-hydrogen) atoms. The van der Waals surface area contributed by atoms with Crippen LogP contribution in [0.2, 0.25) is 0 Å². The zero-order chi connectivity index (χ0) is 16.9. The summed E-state index contributed by atoms with van der Waals surface area (Å²) in [5.41, 5.74) is 5.29. The van der Waals surface area contributed by atoms with E-state index in [2.05, 4.69) is 14.9 Å². The maximum absolute atomic E-state index is 12.3. The first-order valence-electron chi connectivity index (χ1n) is 7.34. The van der Waals surface area contributed by atoms with Gasteiger partial charge in [0.05, 0.1) is 17.6 Å². The highest BCUT2D eigenvalue weighted by Crippen LogP contribution is 2.21. The lowest BCUT2D eigenvalue weighted by atomic mass is 10.2. The summed E-state index contributed by atoms with van der Waals surface area (Å²) in [6, 6.07) is 4.04. The van der Waals surface area contributed by atoms with Crippen molar-refractivity contribution in [1.82, 2.24) is 14.9 Å². The van der Waals surface area contributed by atoms with Crippen LogP contribution in [0, 0.1) is 0 Å². The number of ether oxygens (including phenoxy) is 1. The number of nitrogens with two attached hydrogens (primary N) is 1. The second kappa shape index (κ2) is 7.73. The normalized spacial score (nSPS) is 16.2. The number of nitrogens with one attached hydrogen (secondary N) is 2. The minimum atomic E-state index is -3.70. The van der Waals surface area contributed by atoms with E-state index in [4.69, 9.17) is 10.5 Å². The first kappa shape index (κ1) is 17.7. The quantitative estimate of drug-likeness (QED) is 0.584. The summed E-state index contributed by atoms with van der Waals surface area (Å²) in [5, 5.41) is 3.24. The van der Waals surface area contributed by atoms with Gasteiger partial charge in [0.1, 0.15) is 5.75 Å². The van der Waals surface area contributed by atoms with E-state index in [1.807, 2.05) is 0 Å². The van der Waals surface area contributed by atoms with Crippen LogP contribution in [0.15, 0.2) is 23.1 Å². The summed E-state index contributed by atoms with van der Waals surface area (Å²) in [4.78, 5) is 13.6. The van der Waals surface area contributed by atoms with Crippen molar-refractivity contribution in [2.75, 3.05) is 46.4 Å². The fourth-order valence-electron chi connectivity index (χ4n) is 2.40. The molecule has 0 atom stereocenters. The number of hydrogen-bond acceptors (Lipinski definition) is 6. The van der Waals surface area contributed by atoms with Crippen LogP contribution in [-0.4, -0.2) is 65.6 Å². The largest absolute Gasteiger partial charge is 0.496 e. The summed E-state index contributed by atoms with van der Waals surface area (Å²) in [6.45, 7) is 4.56. The lowest BCUT2D eigenvalue weighted by Gasteiger charge is -2.27. The summed E-state index contributed by atoms with van der Waals surface area (Å²) >= 11 is 0. The molecule has 0 radical (unpaired) electrons. The van der Waals surface area contributed by atoms with Crippen molar-refractivity contribution < 1.29 is 17.9 Å². The van der Waals surface area contributed by atoms with Gasteiger partial charge in [0.15, 0.2) is 0 Å². The minimum absolute atomic E-state index is 0.00703. The molecule has 1 aromatic rings. The molecule has 1 saturated heterocycles. The number of primary amides is 1. The number of amides is 1. The van der Waals surface area contributed by atoms with Gasteiger partial charge < -0.3 is 15.8 Å². The fourth-order valence-corrected chi connectivity index (χ4v) is 3.45. The molecule has 0 bridgehead atoms. The Labute approximate surface area is 136 Å². The third-order valence-corrected chi connectivity index (χ3v) is 5.14. The molecule has 1 aromatic carbocycles. The van der Waals surface area contributed by atoms with Crippen molar-refractivity contribution in [2.45, 2.75) is 4.90 Å². The molecule has 1 aliphatic rings. The number of nitrogens with zero attached hydrogens (tertiary/aromatic N) is 1. The van der Waals surface area contributed by atoms with E-state index in [0.29, 0.717) is 13.1 Å². The molecule has 0 unspecified atom stereocenters. The molecule has 1 amide bonds. The fraction of sp³-hybridized carbons (Fsp3) is 0.500. The molecule has 128 valence electrons. The standard InChI is InChI=1S/C14H22N4O4S/c1-22-13-3-2-11(10-12(13)14(15)19)23(20,21)17-6-9-18-7-4-16-5-8-18/h2-3,10,16-17H,4-9H2,1H3,(H2,15,19). The average Bonchev–Trinajstić information content (AvgIpc) is 2.55. The molecule has 0 aliphatic carbocycles. The Morgan fingerprint density at radius 1 is 1.39 bits per heavy atom. The first-order chi connectivity index (χ1) is 10.9. The van der Waals surface area contributed by atoms with E-state index >= 15 is 0 Å². The maximum Gasteiger partial charge on any atom is 0.252 e.